The maximum Gasteiger partial charge on any atom is 0.224 e. The van der Waals surface area contributed by atoms with Gasteiger partial charge in [0, 0.05) is 25.6 Å². The summed E-state index contributed by atoms with van der Waals surface area (Å²) >= 11 is 0. The minimum Gasteiger partial charge on any atom is -0.343 e. The molecule has 1 atom stereocenters. The lowest BCUT2D eigenvalue weighted by Crippen LogP contribution is -2.39. The Labute approximate surface area is 127 Å². The SMILES string of the molecule is C=CC1CCN(C(=O)CC(N)c2ccccc2)CC1.Cl. The summed E-state index contributed by atoms with van der Waals surface area (Å²) in [5, 5.41) is 0. The van der Waals surface area contributed by atoms with Crippen LogP contribution in [0.4, 0.5) is 0 Å². The molecule has 2 rings (SSSR count). The van der Waals surface area contributed by atoms with Gasteiger partial charge in [0.2, 0.25) is 5.91 Å². The Hall–Kier alpha value is -1.32. The summed E-state index contributed by atoms with van der Waals surface area (Å²) < 4.78 is 0. The predicted octanol–water partition coefficient (Wildman–Crippen LogP) is 2.92. The minimum atomic E-state index is -0.203. The lowest BCUT2D eigenvalue weighted by molar-refractivity contribution is -0.132. The van der Waals surface area contributed by atoms with Gasteiger partial charge in [0.1, 0.15) is 0 Å². The molecule has 0 aliphatic carbocycles. The van der Waals surface area contributed by atoms with Gasteiger partial charge in [-0.05, 0) is 24.3 Å². The number of likely N-dealkylation sites (tertiary alicyclic amines) is 1. The number of carbonyl (C=O) groups is 1. The summed E-state index contributed by atoms with van der Waals surface area (Å²) in [5.41, 5.74) is 7.12. The number of rotatable bonds is 4. The standard InChI is InChI=1S/C16H22N2O.ClH/c1-2-13-8-10-18(11-9-13)16(19)12-15(17)14-6-4-3-5-7-14;/h2-7,13,15H,1,8-12,17H2;1H. The van der Waals surface area contributed by atoms with E-state index in [4.69, 9.17) is 5.73 Å². The van der Waals surface area contributed by atoms with Crippen molar-refractivity contribution in [1.29, 1.82) is 0 Å². The zero-order valence-electron chi connectivity index (χ0n) is 11.7. The van der Waals surface area contributed by atoms with Crippen molar-refractivity contribution in [1.82, 2.24) is 4.90 Å². The van der Waals surface area contributed by atoms with Crippen LogP contribution in [-0.2, 0) is 4.79 Å². The molecular weight excluding hydrogens is 272 g/mol. The summed E-state index contributed by atoms with van der Waals surface area (Å²) in [7, 11) is 0. The van der Waals surface area contributed by atoms with Gasteiger partial charge < -0.3 is 10.6 Å². The molecule has 4 heteroatoms. The van der Waals surface area contributed by atoms with E-state index in [0.717, 1.165) is 31.5 Å². The molecule has 1 aliphatic heterocycles. The fourth-order valence-corrected chi connectivity index (χ4v) is 2.52. The molecule has 0 spiro atoms. The summed E-state index contributed by atoms with van der Waals surface area (Å²) in [4.78, 5) is 14.1. The summed E-state index contributed by atoms with van der Waals surface area (Å²) in [6.07, 6.45) is 4.44. The van der Waals surface area contributed by atoms with Crippen molar-refractivity contribution < 1.29 is 4.79 Å². The van der Waals surface area contributed by atoms with Crippen LogP contribution >= 0.6 is 12.4 Å². The molecule has 3 nitrogen and oxygen atoms in total. The molecule has 110 valence electrons. The summed E-state index contributed by atoms with van der Waals surface area (Å²) in [5.74, 6) is 0.728. The van der Waals surface area contributed by atoms with Crippen molar-refractivity contribution in [2.24, 2.45) is 11.7 Å². The number of halogens is 1. The third-order valence-corrected chi connectivity index (χ3v) is 3.85. The Morgan fingerprint density at radius 2 is 1.95 bits per heavy atom. The van der Waals surface area contributed by atoms with E-state index in [1.54, 1.807) is 0 Å². The van der Waals surface area contributed by atoms with Crippen LogP contribution in [0.15, 0.2) is 43.0 Å². The monoisotopic (exact) mass is 294 g/mol. The van der Waals surface area contributed by atoms with E-state index in [2.05, 4.69) is 6.58 Å². The van der Waals surface area contributed by atoms with Crippen molar-refractivity contribution in [2.75, 3.05) is 13.1 Å². The van der Waals surface area contributed by atoms with Gasteiger partial charge in [-0.3, -0.25) is 4.79 Å². The largest absolute Gasteiger partial charge is 0.343 e. The van der Waals surface area contributed by atoms with Gasteiger partial charge in [-0.1, -0.05) is 36.4 Å². The first-order valence-electron chi connectivity index (χ1n) is 6.91. The number of hydrogen-bond donors (Lipinski definition) is 1. The molecule has 1 aliphatic rings. The van der Waals surface area contributed by atoms with E-state index < -0.39 is 0 Å². The third kappa shape index (κ3) is 4.36. The number of allylic oxidation sites excluding steroid dienone is 1. The minimum absolute atomic E-state index is 0. The summed E-state index contributed by atoms with van der Waals surface area (Å²) in [6, 6.07) is 9.61. The molecule has 1 heterocycles. The van der Waals surface area contributed by atoms with Gasteiger partial charge in [0.05, 0.1) is 0 Å². The highest BCUT2D eigenvalue weighted by molar-refractivity contribution is 5.85. The van der Waals surface area contributed by atoms with Crippen molar-refractivity contribution in [2.45, 2.75) is 25.3 Å². The Morgan fingerprint density at radius 1 is 1.35 bits per heavy atom. The molecule has 2 N–H and O–H groups in total. The molecular formula is C16H23ClN2O. The fraction of sp³-hybridized carbons (Fsp3) is 0.438. The van der Waals surface area contributed by atoms with Crippen LogP contribution < -0.4 is 5.73 Å². The highest BCUT2D eigenvalue weighted by Crippen LogP contribution is 2.20. The van der Waals surface area contributed by atoms with E-state index in [-0.39, 0.29) is 24.4 Å². The molecule has 1 fully saturated rings. The van der Waals surface area contributed by atoms with Gasteiger partial charge in [-0.15, -0.1) is 19.0 Å². The average Bonchev–Trinajstić information content (AvgIpc) is 2.48. The molecule has 0 saturated carbocycles. The Kier molecular flexibility index (Phi) is 6.76. The second kappa shape index (κ2) is 8.08. The quantitative estimate of drug-likeness (QED) is 0.868. The molecule has 0 bridgehead atoms. The van der Waals surface area contributed by atoms with Crippen LogP contribution in [0, 0.1) is 5.92 Å². The first-order valence-corrected chi connectivity index (χ1v) is 6.91. The number of amides is 1. The third-order valence-electron chi connectivity index (χ3n) is 3.85. The maximum atomic E-state index is 12.2. The number of piperidine rings is 1. The number of nitrogens with zero attached hydrogens (tertiary/aromatic N) is 1. The Balaban J connectivity index is 0.00000200. The topological polar surface area (TPSA) is 46.3 Å². The Bertz CT molecular complexity index is 427. The van der Waals surface area contributed by atoms with Gasteiger partial charge >= 0.3 is 0 Å². The summed E-state index contributed by atoms with van der Waals surface area (Å²) in [6.45, 7) is 5.48. The number of carbonyl (C=O) groups excluding carboxylic acids is 1. The van der Waals surface area contributed by atoms with Crippen molar-refractivity contribution in [3.63, 3.8) is 0 Å². The van der Waals surface area contributed by atoms with Crippen LogP contribution in [0.25, 0.3) is 0 Å². The van der Waals surface area contributed by atoms with E-state index in [9.17, 15) is 4.79 Å². The highest BCUT2D eigenvalue weighted by Gasteiger charge is 2.22. The second-order valence-corrected chi connectivity index (χ2v) is 5.18. The van der Waals surface area contributed by atoms with E-state index in [1.807, 2.05) is 41.3 Å². The van der Waals surface area contributed by atoms with Gasteiger partial charge in [-0.25, -0.2) is 0 Å². The van der Waals surface area contributed by atoms with Crippen LogP contribution in [0.3, 0.4) is 0 Å². The molecule has 1 amide bonds. The number of nitrogens with two attached hydrogens (primary N) is 1. The zero-order valence-corrected chi connectivity index (χ0v) is 12.5. The van der Waals surface area contributed by atoms with Crippen LogP contribution in [-0.4, -0.2) is 23.9 Å². The zero-order chi connectivity index (χ0) is 13.7. The van der Waals surface area contributed by atoms with Crippen molar-refractivity contribution in [3.05, 3.63) is 48.6 Å². The molecule has 1 aromatic carbocycles. The first kappa shape index (κ1) is 16.7. The number of benzene rings is 1. The van der Waals surface area contributed by atoms with Gasteiger partial charge in [-0.2, -0.15) is 0 Å². The molecule has 0 aromatic heterocycles. The lowest BCUT2D eigenvalue weighted by Gasteiger charge is -2.31. The van der Waals surface area contributed by atoms with Crippen LogP contribution in [0.1, 0.15) is 30.9 Å². The average molecular weight is 295 g/mol. The predicted molar refractivity (Wildman–Crippen MR) is 84.7 cm³/mol. The van der Waals surface area contributed by atoms with Crippen LogP contribution in [0.2, 0.25) is 0 Å². The van der Waals surface area contributed by atoms with Gasteiger partial charge in [0.15, 0.2) is 0 Å². The first-order chi connectivity index (χ1) is 9.20. The second-order valence-electron chi connectivity index (χ2n) is 5.18. The smallest absolute Gasteiger partial charge is 0.224 e. The van der Waals surface area contributed by atoms with E-state index >= 15 is 0 Å². The normalized spacial score (nSPS) is 17.1. The number of hydrogen-bond acceptors (Lipinski definition) is 2. The van der Waals surface area contributed by atoms with E-state index in [1.165, 1.54) is 0 Å². The molecule has 0 radical (unpaired) electrons. The van der Waals surface area contributed by atoms with E-state index in [0.29, 0.717) is 12.3 Å². The maximum absolute atomic E-state index is 12.2. The van der Waals surface area contributed by atoms with Crippen molar-refractivity contribution >= 4 is 18.3 Å². The lowest BCUT2D eigenvalue weighted by atomic mass is 9.96. The molecule has 1 unspecified atom stereocenters. The van der Waals surface area contributed by atoms with Gasteiger partial charge in [0.25, 0.3) is 0 Å². The fourth-order valence-electron chi connectivity index (χ4n) is 2.52. The molecule has 1 saturated heterocycles. The highest BCUT2D eigenvalue weighted by atomic mass is 35.5. The molecule has 20 heavy (non-hydrogen) atoms. The van der Waals surface area contributed by atoms with Crippen LogP contribution in [0.5, 0.6) is 0 Å². The van der Waals surface area contributed by atoms with Crippen molar-refractivity contribution in [3.8, 4) is 0 Å². The Morgan fingerprint density at radius 3 is 2.50 bits per heavy atom. The molecule has 1 aromatic rings.